The van der Waals surface area contributed by atoms with E-state index >= 15 is 0 Å². The Balaban J connectivity index is 1.70. The van der Waals surface area contributed by atoms with Crippen molar-refractivity contribution in [2.45, 2.75) is 32.6 Å². The van der Waals surface area contributed by atoms with Gasteiger partial charge in [-0.05, 0) is 49.4 Å². The lowest BCUT2D eigenvalue weighted by Crippen LogP contribution is -2.24. The predicted octanol–water partition coefficient (Wildman–Crippen LogP) is 4.79. The first kappa shape index (κ1) is 16.5. The third-order valence-corrected chi connectivity index (χ3v) is 4.92. The van der Waals surface area contributed by atoms with Crippen molar-refractivity contribution in [1.29, 1.82) is 0 Å². The summed E-state index contributed by atoms with van der Waals surface area (Å²) in [6.07, 6.45) is 6.06. The largest absolute Gasteiger partial charge is 0.463 e. The fraction of sp³-hybridized carbons (Fsp3) is 0.286. The Hall–Kier alpha value is -2.95. The zero-order chi connectivity index (χ0) is 17.9. The van der Waals surface area contributed by atoms with Crippen LogP contribution < -0.4 is 5.43 Å². The van der Waals surface area contributed by atoms with Gasteiger partial charge in [-0.2, -0.15) is 5.10 Å². The molecule has 2 heterocycles. The van der Waals surface area contributed by atoms with Crippen LogP contribution in [0.4, 0.5) is 0 Å². The molecule has 1 fully saturated rings. The third-order valence-electron chi connectivity index (χ3n) is 4.92. The van der Waals surface area contributed by atoms with Gasteiger partial charge in [0.15, 0.2) is 5.76 Å². The summed E-state index contributed by atoms with van der Waals surface area (Å²) in [6, 6.07) is 13.0. The second-order valence-electron chi connectivity index (χ2n) is 6.74. The fourth-order valence-electron chi connectivity index (χ4n) is 3.43. The second kappa shape index (κ2) is 7.12. The van der Waals surface area contributed by atoms with Crippen LogP contribution in [0, 0.1) is 5.92 Å². The lowest BCUT2D eigenvalue weighted by molar-refractivity contribution is 0.0956. The fourth-order valence-corrected chi connectivity index (χ4v) is 3.43. The standard InChI is InChI=1S/C21H21N3O2/c1-14-7-2-4-9-17(14)23-24-21(25)16-13-19(20-11-6-12-26-20)22-18-10-5-3-8-15(16)18/h3,5-6,8,10-14H,2,4,7,9H2,1H3,(H,24,25)/t14-/m1/s1. The third kappa shape index (κ3) is 3.25. The molecule has 2 aromatic heterocycles. The Morgan fingerprint density at radius 1 is 1.23 bits per heavy atom. The van der Waals surface area contributed by atoms with Crippen molar-refractivity contribution in [3.05, 3.63) is 54.3 Å². The summed E-state index contributed by atoms with van der Waals surface area (Å²) in [5.74, 6) is 0.843. The Morgan fingerprint density at radius 2 is 2.12 bits per heavy atom. The molecular formula is C21H21N3O2. The van der Waals surface area contributed by atoms with Gasteiger partial charge in [-0.25, -0.2) is 10.4 Å². The average molecular weight is 347 g/mol. The van der Waals surface area contributed by atoms with E-state index in [1.807, 2.05) is 36.4 Å². The number of benzene rings is 1. The highest BCUT2D eigenvalue weighted by Gasteiger charge is 2.18. The lowest BCUT2D eigenvalue weighted by Gasteiger charge is -2.19. The van der Waals surface area contributed by atoms with Gasteiger partial charge in [0.05, 0.1) is 17.3 Å². The molecule has 1 amide bonds. The molecule has 5 heteroatoms. The molecule has 1 aliphatic rings. The second-order valence-corrected chi connectivity index (χ2v) is 6.74. The molecular weight excluding hydrogens is 326 g/mol. The minimum atomic E-state index is -0.221. The number of fused-ring (bicyclic) bond motifs is 1. The molecule has 0 aliphatic heterocycles. The van der Waals surface area contributed by atoms with E-state index in [9.17, 15) is 4.79 Å². The number of hydrogen-bond acceptors (Lipinski definition) is 4. The van der Waals surface area contributed by atoms with E-state index in [1.54, 1.807) is 12.3 Å². The van der Waals surface area contributed by atoms with Crippen LogP contribution in [-0.2, 0) is 0 Å². The van der Waals surface area contributed by atoms with E-state index in [0.29, 0.717) is 22.9 Å². The SMILES string of the molecule is C[C@@H]1CCCCC1=NNC(=O)c1cc(-c2ccco2)nc2ccccc12. The van der Waals surface area contributed by atoms with Crippen molar-refractivity contribution in [1.82, 2.24) is 10.4 Å². The van der Waals surface area contributed by atoms with Crippen LogP contribution >= 0.6 is 0 Å². The number of aromatic nitrogens is 1. The molecule has 0 radical (unpaired) electrons. The Labute approximate surface area is 152 Å². The number of rotatable bonds is 3. The minimum Gasteiger partial charge on any atom is -0.463 e. The highest BCUT2D eigenvalue weighted by Crippen LogP contribution is 2.25. The maximum Gasteiger partial charge on any atom is 0.272 e. The Morgan fingerprint density at radius 3 is 2.92 bits per heavy atom. The number of pyridine rings is 1. The van der Waals surface area contributed by atoms with E-state index in [4.69, 9.17) is 4.42 Å². The highest BCUT2D eigenvalue weighted by atomic mass is 16.3. The summed E-state index contributed by atoms with van der Waals surface area (Å²) in [5.41, 5.74) is 5.77. The van der Waals surface area contributed by atoms with Crippen LogP contribution in [0.3, 0.4) is 0 Å². The van der Waals surface area contributed by atoms with Crippen LogP contribution in [0.5, 0.6) is 0 Å². The number of amides is 1. The van der Waals surface area contributed by atoms with E-state index in [-0.39, 0.29) is 5.91 Å². The van der Waals surface area contributed by atoms with Gasteiger partial charge in [0.2, 0.25) is 0 Å². The van der Waals surface area contributed by atoms with Crippen molar-refractivity contribution in [3.63, 3.8) is 0 Å². The normalized spacial score (nSPS) is 19.0. The van der Waals surface area contributed by atoms with Crippen LogP contribution in [-0.4, -0.2) is 16.6 Å². The number of carbonyl (C=O) groups is 1. The van der Waals surface area contributed by atoms with Crippen LogP contribution in [0.1, 0.15) is 43.0 Å². The number of para-hydroxylation sites is 1. The molecule has 1 saturated carbocycles. The molecule has 0 unspecified atom stereocenters. The zero-order valence-corrected chi connectivity index (χ0v) is 14.7. The molecule has 1 N–H and O–H groups in total. The molecule has 1 atom stereocenters. The molecule has 3 aromatic rings. The maximum absolute atomic E-state index is 12.9. The number of nitrogens with one attached hydrogen (secondary N) is 1. The number of hydrogen-bond donors (Lipinski definition) is 1. The topological polar surface area (TPSA) is 67.5 Å². The van der Waals surface area contributed by atoms with Crippen molar-refractivity contribution >= 4 is 22.5 Å². The molecule has 5 nitrogen and oxygen atoms in total. The molecule has 26 heavy (non-hydrogen) atoms. The predicted molar refractivity (Wildman–Crippen MR) is 102 cm³/mol. The van der Waals surface area contributed by atoms with Gasteiger partial charge in [0.25, 0.3) is 5.91 Å². The van der Waals surface area contributed by atoms with Crippen molar-refractivity contribution < 1.29 is 9.21 Å². The van der Waals surface area contributed by atoms with E-state index in [1.165, 1.54) is 6.42 Å². The summed E-state index contributed by atoms with van der Waals surface area (Å²) >= 11 is 0. The lowest BCUT2D eigenvalue weighted by atomic mass is 9.89. The molecule has 132 valence electrons. The summed E-state index contributed by atoms with van der Waals surface area (Å²) in [6.45, 7) is 2.17. The van der Waals surface area contributed by atoms with Gasteiger partial charge < -0.3 is 4.42 Å². The number of carbonyl (C=O) groups excluding carboxylic acids is 1. The summed E-state index contributed by atoms with van der Waals surface area (Å²) in [4.78, 5) is 17.5. The first-order valence-electron chi connectivity index (χ1n) is 9.03. The summed E-state index contributed by atoms with van der Waals surface area (Å²) < 4.78 is 5.45. The van der Waals surface area contributed by atoms with Crippen molar-refractivity contribution in [2.75, 3.05) is 0 Å². The van der Waals surface area contributed by atoms with Crippen molar-refractivity contribution in [2.24, 2.45) is 11.0 Å². The summed E-state index contributed by atoms with van der Waals surface area (Å²) in [5, 5.41) is 5.22. The van der Waals surface area contributed by atoms with Crippen LogP contribution in [0.15, 0.2) is 58.2 Å². The minimum absolute atomic E-state index is 0.221. The molecule has 4 rings (SSSR count). The number of nitrogens with zero attached hydrogens (tertiary/aromatic N) is 2. The smallest absolute Gasteiger partial charge is 0.272 e. The average Bonchev–Trinajstić information content (AvgIpc) is 3.21. The highest BCUT2D eigenvalue weighted by molar-refractivity contribution is 6.07. The van der Waals surface area contributed by atoms with Gasteiger partial charge in [-0.3, -0.25) is 4.79 Å². The number of hydrazone groups is 1. The molecule has 0 spiro atoms. The van der Waals surface area contributed by atoms with Gasteiger partial charge in [-0.15, -0.1) is 0 Å². The van der Waals surface area contributed by atoms with E-state index in [2.05, 4.69) is 22.4 Å². The first-order valence-corrected chi connectivity index (χ1v) is 9.03. The Kier molecular flexibility index (Phi) is 4.52. The molecule has 1 aromatic carbocycles. The van der Waals surface area contributed by atoms with E-state index in [0.717, 1.165) is 35.9 Å². The van der Waals surface area contributed by atoms with Crippen LogP contribution in [0.25, 0.3) is 22.4 Å². The molecule has 0 saturated heterocycles. The summed E-state index contributed by atoms with van der Waals surface area (Å²) in [7, 11) is 0. The van der Waals surface area contributed by atoms with Gasteiger partial charge in [0.1, 0.15) is 5.69 Å². The van der Waals surface area contributed by atoms with Crippen molar-refractivity contribution in [3.8, 4) is 11.5 Å². The Bertz CT molecular complexity index is 961. The van der Waals surface area contributed by atoms with Crippen LogP contribution in [0.2, 0.25) is 0 Å². The maximum atomic E-state index is 12.9. The first-order chi connectivity index (χ1) is 12.7. The monoisotopic (exact) mass is 347 g/mol. The zero-order valence-electron chi connectivity index (χ0n) is 14.7. The van der Waals surface area contributed by atoms with E-state index < -0.39 is 0 Å². The van der Waals surface area contributed by atoms with Gasteiger partial charge in [0, 0.05) is 11.1 Å². The molecule has 0 bridgehead atoms. The number of furan rings is 1. The molecule has 1 aliphatic carbocycles. The van der Waals surface area contributed by atoms with Gasteiger partial charge in [-0.1, -0.05) is 31.5 Å². The van der Waals surface area contributed by atoms with Gasteiger partial charge >= 0.3 is 0 Å². The quantitative estimate of drug-likeness (QED) is 0.693.